The van der Waals surface area contributed by atoms with Gasteiger partial charge in [0.05, 0.1) is 22.8 Å². The lowest BCUT2D eigenvalue weighted by Crippen LogP contribution is -2.14. The van der Waals surface area contributed by atoms with Crippen molar-refractivity contribution in [1.82, 2.24) is 0 Å². The van der Waals surface area contributed by atoms with Crippen LogP contribution in [-0.2, 0) is 4.74 Å². The van der Waals surface area contributed by atoms with Gasteiger partial charge in [-0.3, -0.25) is 4.79 Å². The molecule has 120 valence electrons. The molecular formula is C17H15ClFNO3. The predicted molar refractivity (Wildman–Crippen MR) is 86.4 cm³/mol. The molecule has 0 saturated heterocycles. The Balaban J connectivity index is 2.09. The van der Waals surface area contributed by atoms with E-state index in [9.17, 15) is 14.0 Å². The highest BCUT2D eigenvalue weighted by Gasteiger charge is 2.16. The Morgan fingerprint density at radius 1 is 1.17 bits per heavy atom. The molecule has 0 radical (unpaired) electrons. The Morgan fingerprint density at radius 3 is 2.48 bits per heavy atom. The molecule has 1 N–H and O–H groups in total. The van der Waals surface area contributed by atoms with Crippen LogP contribution in [0.25, 0.3) is 0 Å². The van der Waals surface area contributed by atoms with E-state index >= 15 is 0 Å². The van der Waals surface area contributed by atoms with Crippen LogP contribution in [-0.4, -0.2) is 18.5 Å². The molecule has 0 atom stereocenters. The second kappa shape index (κ2) is 7.74. The van der Waals surface area contributed by atoms with Gasteiger partial charge in [-0.05, 0) is 42.8 Å². The maximum atomic E-state index is 13.7. The topological polar surface area (TPSA) is 55.4 Å². The van der Waals surface area contributed by atoms with Crippen LogP contribution in [0.4, 0.5) is 10.1 Å². The number of carbonyl (C=O) groups is 2. The van der Waals surface area contributed by atoms with Gasteiger partial charge in [0.25, 0.3) is 5.91 Å². The van der Waals surface area contributed by atoms with Gasteiger partial charge in [0.1, 0.15) is 5.82 Å². The lowest BCUT2D eigenvalue weighted by molar-refractivity contribution is 0.0505. The Kier molecular flexibility index (Phi) is 5.71. The number of hydrogen-bond donors (Lipinski definition) is 1. The van der Waals surface area contributed by atoms with Crippen LogP contribution < -0.4 is 5.32 Å². The summed E-state index contributed by atoms with van der Waals surface area (Å²) in [5.74, 6) is -1.79. The van der Waals surface area contributed by atoms with E-state index in [2.05, 4.69) is 5.32 Å². The third-order valence-electron chi connectivity index (χ3n) is 3.01. The van der Waals surface area contributed by atoms with Crippen molar-refractivity contribution in [3.63, 3.8) is 0 Å². The number of esters is 1. The van der Waals surface area contributed by atoms with Crippen molar-refractivity contribution in [2.45, 2.75) is 13.3 Å². The fourth-order valence-electron chi connectivity index (χ4n) is 1.88. The minimum Gasteiger partial charge on any atom is -0.462 e. The van der Waals surface area contributed by atoms with Crippen LogP contribution in [0.1, 0.15) is 34.1 Å². The first-order chi connectivity index (χ1) is 11.0. The lowest BCUT2D eigenvalue weighted by Gasteiger charge is -2.08. The summed E-state index contributed by atoms with van der Waals surface area (Å²) in [6, 6.07) is 10.1. The number of anilines is 1. The third kappa shape index (κ3) is 4.29. The van der Waals surface area contributed by atoms with Gasteiger partial charge in [0.2, 0.25) is 0 Å². The van der Waals surface area contributed by atoms with Gasteiger partial charge in [0.15, 0.2) is 0 Å². The second-order valence-electron chi connectivity index (χ2n) is 4.76. The van der Waals surface area contributed by atoms with Crippen LogP contribution in [0.5, 0.6) is 0 Å². The summed E-state index contributed by atoms with van der Waals surface area (Å²) < 4.78 is 18.7. The van der Waals surface area contributed by atoms with E-state index in [-0.39, 0.29) is 10.6 Å². The van der Waals surface area contributed by atoms with Gasteiger partial charge in [-0.15, -0.1) is 0 Å². The number of amides is 1. The monoisotopic (exact) mass is 335 g/mol. The zero-order chi connectivity index (χ0) is 16.8. The van der Waals surface area contributed by atoms with Gasteiger partial charge in [-0.2, -0.15) is 0 Å². The molecule has 0 saturated carbocycles. The van der Waals surface area contributed by atoms with Gasteiger partial charge in [-0.25, -0.2) is 9.18 Å². The molecule has 0 aliphatic heterocycles. The van der Waals surface area contributed by atoms with Gasteiger partial charge < -0.3 is 10.1 Å². The van der Waals surface area contributed by atoms with Crippen molar-refractivity contribution >= 4 is 29.2 Å². The molecule has 0 heterocycles. The minimum atomic E-state index is -0.699. The molecule has 0 spiro atoms. The van der Waals surface area contributed by atoms with E-state index in [0.717, 1.165) is 12.5 Å². The first-order valence-corrected chi connectivity index (χ1v) is 7.43. The van der Waals surface area contributed by atoms with Gasteiger partial charge in [-0.1, -0.05) is 24.6 Å². The number of benzene rings is 2. The van der Waals surface area contributed by atoms with E-state index in [4.69, 9.17) is 16.3 Å². The standard InChI is InChI=1S/C17H15ClFNO3/c1-2-10-23-17(22)11-6-8-12(9-7-11)20-16(21)15-13(18)4-3-5-14(15)19/h3-9H,2,10H2,1H3,(H,20,21). The summed E-state index contributed by atoms with van der Waals surface area (Å²) in [5.41, 5.74) is 0.572. The number of ether oxygens (including phenoxy) is 1. The molecule has 0 fully saturated rings. The number of nitrogens with one attached hydrogen (secondary N) is 1. The van der Waals surface area contributed by atoms with Crippen LogP contribution in [0, 0.1) is 5.82 Å². The summed E-state index contributed by atoms with van der Waals surface area (Å²) in [4.78, 5) is 23.8. The summed E-state index contributed by atoms with van der Waals surface area (Å²) in [6.45, 7) is 2.25. The van der Waals surface area contributed by atoms with Crippen LogP contribution >= 0.6 is 11.6 Å². The van der Waals surface area contributed by atoms with Crippen molar-refractivity contribution in [2.75, 3.05) is 11.9 Å². The SMILES string of the molecule is CCCOC(=O)c1ccc(NC(=O)c2c(F)cccc2Cl)cc1. The Bertz CT molecular complexity index is 696. The highest BCUT2D eigenvalue weighted by molar-refractivity contribution is 6.34. The van der Waals surface area contributed by atoms with Crippen molar-refractivity contribution < 1.29 is 18.7 Å². The van der Waals surface area contributed by atoms with E-state index < -0.39 is 17.7 Å². The molecule has 0 aliphatic rings. The largest absolute Gasteiger partial charge is 0.462 e. The Hall–Kier alpha value is -2.40. The van der Waals surface area contributed by atoms with Crippen LogP contribution in [0.3, 0.4) is 0 Å². The van der Waals surface area contributed by atoms with Crippen molar-refractivity contribution in [3.8, 4) is 0 Å². The second-order valence-corrected chi connectivity index (χ2v) is 5.17. The molecule has 0 aliphatic carbocycles. The molecule has 6 heteroatoms. The minimum absolute atomic E-state index is 0.0299. The molecular weight excluding hydrogens is 321 g/mol. The highest BCUT2D eigenvalue weighted by Crippen LogP contribution is 2.20. The van der Waals surface area contributed by atoms with Crippen molar-refractivity contribution in [2.24, 2.45) is 0 Å². The molecule has 0 unspecified atom stereocenters. The Labute approximate surface area is 138 Å². The number of hydrogen-bond acceptors (Lipinski definition) is 3. The number of carbonyl (C=O) groups excluding carboxylic acids is 2. The highest BCUT2D eigenvalue weighted by atomic mass is 35.5. The normalized spacial score (nSPS) is 10.2. The molecule has 0 bridgehead atoms. The van der Waals surface area contributed by atoms with Gasteiger partial charge >= 0.3 is 5.97 Å². The summed E-state index contributed by atoms with van der Waals surface area (Å²) in [7, 11) is 0. The van der Waals surface area contributed by atoms with Crippen molar-refractivity contribution in [1.29, 1.82) is 0 Å². The van der Waals surface area contributed by atoms with Crippen LogP contribution in [0.2, 0.25) is 5.02 Å². The lowest BCUT2D eigenvalue weighted by atomic mass is 10.1. The molecule has 23 heavy (non-hydrogen) atoms. The zero-order valence-corrected chi connectivity index (χ0v) is 13.2. The van der Waals surface area contributed by atoms with Crippen molar-refractivity contribution in [3.05, 3.63) is 64.4 Å². The maximum Gasteiger partial charge on any atom is 0.338 e. The zero-order valence-electron chi connectivity index (χ0n) is 12.4. The first-order valence-electron chi connectivity index (χ1n) is 7.05. The molecule has 0 aromatic heterocycles. The molecule has 2 rings (SSSR count). The Morgan fingerprint density at radius 2 is 1.87 bits per heavy atom. The first kappa shape index (κ1) is 17.0. The molecule has 1 amide bonds. The fraction of sp³-hybridized carbons (Fsp3) is 0.176. The maximum absolute atomic E-state index is 13.7. The van der Waals surface area contributed by atoms with E-state index in [1.54, 1.807) is 0 Å². The molecule has 4 nitrogen and oxygen atoms in total. The average molecular weight is 336 g/mol. The van der Waals surface area contributed by atoms with E-state index in [1.807, 2.05) is 6.92 Å². The summed E-state index contributed by atoms with van der Waals surface area (Å²) >= 11 is 5.84. The van der Waals surface area contributed by atoms with E-state index in [1.165, 1.54) is 36.4 Å². The summed E-state index contributed by atoms with van der Waals surface area (Å²) in [6.07, 6.45) is 0.739. The third-order valence-corrected chi connectivity index (χ3v) is 3.32. The number of rotatable bonds is 5. The fourth-order valence-corrected chi connectivity index (χ4v) is 2.12. The quantitative estimate of drug-likeness (QED) is 0.829. The van der Waals surface area contributed by atoms with Gasteiger partial charge in [0, 0.05) is 5.69 Å². The molecule has 2 aromatic rings. The summed E-state index contributed by atoms with van der Waals surface area (Å²) in [5, 5.41) is 2.56. The average Bonchev–Trinajstić information content (AvgIpc) is 2.53. The number of halogens is 2. The molecule has 2 aromatic carbocycles. The smallest absolute Gasteiger partial charge is 0.338 e. The van der Waals surface area contributed by atoms with Crippen LogP contribution in [0.15, 0.2) is 42.5 Å². The van der Waals surface area contributed by atoms with E-state index in [0.29, 0.717) is 17.9 Å². The predicted octanol–water partition coefficient (Wildman–Crippen LogP) is 4.30.